The Morgan fingerprint density at radius 1 is 1.28 bits per heavy atom. The van der Waals surface area contributed by atoms with Gasteiger partial charge in [0, 0.05) is 12.6 Å². The van der Waals surface area contributed by atoms with Gasteiger partial charge in [0.05, 0.1) is 30.1 Å². The number of aliphatic hydroxyl groups is 1. The van der Waals surface area contributed by atoms with E-state index in [4.69, 9.17) is 0 Å². The zero-order valence-electron chi connectivity index (χ0n) is 11.0. The van der Waals surface area contributed by atoms with Crippen molar-refractivity contribution in [1.82, 2.24) is 24.5 Å². The third-order valence-corrected chi connectivity index (χ3v) is 2.90. The van der Waals surface area contributed by atoms with Gasteiger partial charge in [0.15, 0.2) is 0 Å². The van der Waals surface area contributed by atoms with Crippen LogP contribution in [0.25, 0.3) is 0 Å². The molecule has 2 aromatic heterocycles. The number of aryl methyl sites for hydroxylation is 1. The lowest BCUT2D eigenvalue weighted by Gasteiger charge is -2.16. The molecule has 0 aromatic carbocycles. The molecule has 0 aliphatic rings. The Bertz CT molecular complexity index is 502. The van der Waals surface area contributed by atoms with Crippen LogP contribution in [0.5, 0.6) is 0 Å². The van der Waals surface area contributed by atoms with Crippen LogP contribution in [0.4, 0.5) is 0 Å². The Labute approximate surface area is 106 Å². The van der Waals surface area contributed by atoms with Crippen LogP contribution in [0, 0.1) is 0 Å². The maximum Gasteiger partial charge on any atom is 0.139 e. The minimum absolute atomic E-state index is 0.257. The molecule has 0 aliphatic heterocycles. The molecular weight excluding hydrogens is 230 g/mol. The first-order valence-corrected chi connectivity index (χ1v) is 6.23. The highest BCUT2D eigenvalue weighted by Gasteiger charge is 2.20. The standard InChI is InChI=1S/C12H19N5O/c1-4-5-17-11(7-14-15-17)12(18)10-6-13-8-16(10)9(2)3/h6-9,12,18H,4-5H2,1-3H3. The Kier molecular flexibility index (Phi) is 3.76. The van der Waals surface area contributed by atoms with Crippen molar-refractivity contribution in [2.75, 3.05) is 0 Å². The van der Waals surface area contributed by atoms with Crippen LogP contribution in [0.15, 0.2) is 18.7 Å². The first-order chi connectivity index (χ1) is 8.65. The molecule has 2 aromatic rings. The summed E-state index contributed by atoms with van der Waals surface area (Å²) < 4.78 is 3.69. The third kappa shape index (κ3) is 2.28. The van der Waals surface area contributed by atoms with E-state index in [-0.39, 0.29) is 6.04 Å². The molecule has 0 saturated carbocycles. The Morgan fingerprint density at radius 2 is 2.06 bits per heavy atom. The smallest absolute Gasteiger partial charge is 0.139 e. The summed E-state index contributed by atoms with van der Waals surface area (Å²) in [4.78, 5) is 4.10. The molecule has 6 heteroatoms. The van der Waals surface area contributed by atoms with Gasteiger partial charge in [0.2, 0.25) is 0 Å². The molecule has 1 atom stereocenters. The van der Waals surface area contributed by atoms with Crippen LogP contribution >= 0.6 is 0 Å². The molecule has 0 bridgehead atoms. The number of aliphatic hydroxyl groups excluding tert-OH is 1. The van der Waals surface area contributed by atoms with Gasteiger partial charge in [-0.25, -0.2) is 9.67 Å². The molecule has 0 saturated heterocycles. The fraction of sp³-hybridized carbons (Fsp3) is 0.583. The Hall–Kier alpha value is -1.69. The molecule has 0 fully saturated rings. The van der Waals surface area contributed by atoms with E-state index >= 15 is 0 Å². The summed E-state index contributed by atoms with van der Waals surface area (Å²) in [6.07, 6.45) is 5.24. The first kappa shape index (κ1) is 12.8. The van der Waals surface area contributed by atoms with Gasteiger partial charge in [-0.2, -0.15) is 0 Å². The van der Waals surface area contributed by atoms with Crippen molar-refractivity contribution in [3.8, 4) is 0 Å². The molecule has 0 aliphatic carbocycles. The molecule has 0 radical (unpaired) electrons. The van der Waals surface area contributed by atoms with Crippen molar-refractivity contribution >= 4 is 0 Å². The number of hydrogen-bond acceptors (Lipinski definition) is 4. The van der Waals surface area contributed by atoms with Gasteiger partial charge in [-0.05, 0) is 20.3 Å². The number of imidazole rings is 1. The van der Waals surface area contributed by atoms with Crippen LogP contribution in [0.3, 0.4) is 0 Å². The molecule has 6 nitrogen and oxygen atoms in total. The van der Waals surface area contributed by atoms with Crippen molar-refractivity contribution in [1.29, 1.82) is 0 Å². The molecule has 0 amide bonds. The van der Waals surface area contributed by atoms with Crippen molar-refractivity contribution < 1.29 is 5.11 Å². The molecule has 98 valence electrons. The topological polar surface area (TPSA) is 68.8 Å². The summed E-state index contributed by atoms with van der Waals surface area (Å²) in [7, 11) is 0. The average Bonchev–Trinajstić information content (AvgIpc) is 2.96. The van der Waals surface area contributed by atoms with Gasteiger partial charge in [-0.15, -0.1) is 5.10 Å². The maximum absolute atomic E-state index is 10.4. The lowest BCUT2D eigenvalue weighted by Crippen LogP contribution is -2.14. The van der Waals surface area contributed by atoms with Crippen molar-refractivity contribution in [2.45, 2.75) is 45.9 Å². The fourth-order valence-electron chi connectivity index (χ4n) is 1.97. The van der Waals surface area contributed by atoms with E-state index in [1.54, 1.807) is 23.4 Å². The summed E-state index contributed by atoms with van der Waals surface area (Å²) in [6, 6.07) is 0.257. The lowest BCUT2D eigenvalue weighted by molar-refractivity contribution is 0.195. The zero-order valence-corrected chi connectivity index (χ0v) is 11.0. The predicted octanol–water partition coefficient (Wildman–Crippen LogP) is 1.55. The Morgan fingerprint density at radius 3 is 2.72 bits per heavy atom. The molecule has 0 spiro atoms. The summed E-state index contributed by atoms with van der Waals surface area (Å²) >= 11 is 0. The first-order valence-electron chi connectivity index (χ1n) is 6.23. The number of rotatable bonds is 5. The average molecular weight is 249 g/mol. The van der Waals surface area contributed by atoms with Crippen molar-refractivity contribution in [3.63, 3.8) is 0 Å². The minimum atomic E-state index is -0.739. The van der Waals surface area contributed by atoms with E-state index in [0.29, 0.717) is 5.69 Å². The zero-order chi connectivity index (χ0) is 13.1. The molecule has 2 rings (SSSR count). The second kappa shape index (κ2) is 5.30. The second-order valence-corrected chi connectivity index (χ2v) is 4.60. The summed E-state index contributed by atoms with van der Waals surface area (Å²) in [5.41, 5.74) is 1.48. The monoisotopic (exact) mass is 249 g/mol. The summed E-state index contributed by atoms with van der Waals surface area (Å²) in [6.45, 7) is 6.93. The number of nitrogens with zero attached hydrogens (tertiary/aromatic N) is 5. The highest BCUT2D eigenvalue weighted by molar-refractivity contribution is 5.16. The van der Waals surface area contributed by atoms with Crippen molar-refractivity contribution in [2.24, 2.45) is 0 Å². The molecule has 1 N–H and O–H groups in total. The van der Waals surface area contributed by atoms with Crippen LogP contribution in [-0.4, -0.2) is 29.7 Å². The van der Waals surface area contributed by atoms with Gasteiger partial charge in [-0.3, -0.25) is 0 Å². The highest BCUT2D eigenvalue weighted by Crippen LogP contribution is 2.23. The van der Waals surface area contributed by atoms with E-state index in [1.165, 1.54) is 0 Å². The van der Waals surface area contributed by atoms with E-state index in [2.05, 4.69) is 36.1 Å². The third-order valence-electron chi connectivity index (χ3n) is 2.90. The minimum Gasteiger partial charge on any atom is -0.380 e. The fourth-order valence-corrected chi connectivity index (χ4v) is 1.97. The van der Waals surface area contributed by atoms with Crippen LogP contribution in [0.2, 0.25) is 0 Å². The maximum atomic E-state index is 10.4. The quantitative estimate of drug-likeness (QED) is 0.872. The van der Waals surface area contributed by atoms with Gasteiger partial charge < -0.3 is 9.67 Å². The second-order valence-electron chi connectivity index (χ2n) is 4.60. The van der Waals surface area contributed by atoms with Gasteiger partial charge in [-0.1, -0.05) is 12.1 Å². The van der Waals surface area contributed by atoms with Crippen LogP contribution in [-0.2, 0) is 6.54 Å². The van der Waals surface area contributed by atoms with Gasteiger partial charge in [0.25, 0.3) is 0 Å². The van der Waals surface area contributed by atoms with E-state index < -0.39 is 6.10 Å². The van der Waals surface area contributed by atoms with Crippen LogP contribution in [0.1, 0.15) is 50.7 Å². The van der Waals surface area contributed by atoms with E-state index in [0.717, 1.165) is 18.7 Å². The number of aromatic nitrogens is 5. The van der Waals surface area contributed by atoms with Crippen molar-refractivity contribution in [3.05, 3.63) is 30.1 Å². The SMILES string of the molecule is CCCn1nncc1C(O)c1cncn1C(C)C. The molecular formula is C12H19N5O. The Balaban J connectivity index is 2.32. The number of hydrogen-bond donors (Lipinski definition) is 1. The highest BCUT2D eigenvalue weighted by atomic mass is 16.3. The summed E-state index contributed by atoms with van der Waals surface area (Å²) in [5, 5.41) is 18.3. The van der Waals surface area contributed by atoms with E-state index in [9.17, 15) is 5.11 Å². The molecule has 1 unspecified atom stereocenters. The normalized spacial score (nSPS) is 13.2. The summed E-state index contributed by atoms with van der Waals surface area (Å²) in [5.74, 6) is 0. The van der Waals surface area contributed by atoms with Gasteiger partial charge >= 0.3 is 0 Å². The van der Waals surface area contributed by atoms with Gasteiger partial charge in [0.1, 0.15) is 6.10 Å². The van der Waals surface area contributed by atoms with Crippen LogP contribution < -0.4 is 0 Å². The molecule has 18 heavy (non-hydrogen) atoms. The van der Waals surface area contributed by atoms with E-state index in [1.807, 2.05) is 4.57 Å². The largest absolute Gasteiger partial charge is 0.380 e. The lowest BCUT2D eigenvalue weighted by atomic mass is 10.2. The predicted molar refractivity (Wildman–Crippen MR) is 67.0 cm³/mol. The molecule has 2 heterocycles.